The Hall–Kier alpha value is -0.0800. The molecule has 0 aromatic carbocycles. The number of hydrogen-bond donors (Lipinski definition) is 1. The highest BCUT2D eigenvalue weighted by Gasteiger charge is 2.44. The molecule has 3 rings (SSSR count). The molecule has 3 fully saturated rings. The maximum absolute atomic E-state index is 6.72. The van der Waals surface area contributed by atoms with Crippen molar-refractivity contribution < 1.29 is 4.74 Å². The molecule has 1 aliphatic heterocycles. The summed E-state index contributed by atoms with van der Waals surface area (Å²) >= 11 is 0. The van der Waals surface area contributed by atoms with Crippen molar-refractivity contribution in [3.8, 4) is 0 Å². The van der Waals surface area contributed by atoms with Crippen molar-refractivity contribution in [1.29, 1.82) is 0 Å². The van der Waals surface area contributed by atoms with Crippen LogP contribution in [0.2, 0.25) is 0 Å². The van der Waals surface area contributed by atoms with Gasteiger partial charge in [-0.2, -0.15) is 0 Å². The summed E-state index contributed by atoms with van der Waals surface area (Å²) in [5.41, 5.74) is 0.189. The van der Waals surface area contributed by atoms with Crippen molar-refractivity contribution in [3.05, 3.63) is 0 Å². The van der Waals surface area contributed by atoms with Crippen molar-refractivity contribution in [1.82, 2.24) is 5.32 Å². The topological polar surface area (TPSA) is 21.3 Å². The molecule has 2 nitrogen and oxygen atoms in total. The van der Waals surface area contributed by atoms with E-state index in [4.69, 9.17) is 4.74 Å². The van der Waals surface area contributed by atoms with Gasteiger partial charge in [0, 0.05) is 13.1 Å². The number of ether oxygens (including phenoxy) is 1. The molecule has 0 bridgehead atoms. The second-order valence-corrected chi connectivity index (χ2v) is 7.17. The van der Waals surface area contributed by atoms with Crippen LogP contribution in [0.25, 0.3) is 0 Å². The van der Waals surface area contributed by atoms with E-state index in [1.54, 1.807) is 0 Å². The van der Waals surface area contributed by atoms with Crippen molar-refractivity contribution in [3.63, 3.8) is 0 Å². The molecule has 0 radical (unpaired) electrons. The zero-order valence-electron chi connectivity index (χ0n) is 12.6. The van der Waals surface area contributed by atoms with E-state index in [2.05, 4.69) is 12.2 Å². The lowest BCUT2D eigenvalue weighted by atomic mass is 9.73. The SMILES string of the molecule is CCC1CCCCC12CNCC(CC1CCCC1)O2. The second kappa shape index (κ2) is 6.13. The Labute approximate surface area is 118 Å². The van der Waals surface area contributed by atoms with Gasteiger partial charge < -0.3 is 10.1 Å². The Balaban J connectivity index is 1.62. The summed E-state index contributed by atoms with van der Waals surface area (Å²) < 4.78 is 6.72. The van der Waals surface area contributed by atoms with E-state index < -0.39 is 0 Å². The first kappa shape index (κ1) is 13.9. The van der Waals surface area contributed by atoms with Gasteiger partial charge >= 0.3 is 0 Å². The molecular weight excluding hydrogens is 234 g/mol. The third kappa shape index (κ3) is 3.00. The third-order valence-corrected chi connectivity index (χ3v) is 5.91. The van der Waals surface area contributed by atoms with Crippen molar-refractivity contribution >= 4 is 0 Å². The Morgan fingerprint density at radius 1 is 1.11 bits per heavy atom. The van der Waals surface area contributed by atoms with Crippen molar-refractivity contribution in [2.45, 2.75) is 82.8 Å². The molecule has 1 spiro atoms. The highest BCUT2D eigenvalue weighted by atomic mass is 16.5. The predicted octanol–water partition coefficient (Wildman–Crippen LogP) is 3.89. The molecule has 0 aromatic heterocycles. The summed E-state index contributed by atoms with van der Waals surface area (Å²) in [6.45, 7) is 4.54. The first-order valence-electron chi connectivity index (χ1n) is 8.71. The minimum atomic E-state index is 0.189. The summed E-state index contributed by atoms with van der Waals surface area (Å²) in [7, 11) is 0. The summed E-state index contributed by atoms with van der Waals surface area (Å²) in [4.78, 5) is 0. The smallest absolute Gasteiger partial charge is 0.0838 e. The van der Waals surface area contributed by atoms with E-state index in [9.17, 15) is 0 Å². The van der Waals surface area contributed by atoms with Crippen LogP contribution in [0.1, 0.15) is 71.1 Å². The molecule has 0 aromatic rings. The molecule has 1 saturated heterocycles. The Kier molecular flexibility index (Phi) is 4.48. The molecular formula is C17H31NO. The molecule has 1 heterocycles. The lowest BCUT2D eigenvalue weighted by molar-refractivity contribution is -0.168. The first-order valence-corrected chi connectivity index (χ1v) is 8.71. The minimum absolute atomic E-state index is 0.189. The van der Waals surface area contributed by atoms with Crippen molar-refractivity contribution in [2.24, 2.45) is 11.8 Å². The first-order chi connectivity index (χ1) is 9.32. The third-order valence-electron chi connectivity index (χ3n) is 5.91. The van der Waals surface area contributed by atoms with Crippen molar-refractivity contribution in [2.75, 3.05) is 13.1 Å². The number of rotatable bonds is 3. The molecule has 3 aliphatic rings. The van der Waals surface area contributed by atoms with Gasteiger partial charge in [0.05, 0.1) is 11.7 Å². The zero-order valence-corrected chi connectivity index (χ0v) is 12.6. The van der Waals surface area contributed by atoms with Crippen LogP contribution < -0.4 is 5.32 Å². The molecule has 2 saturated carbocycles. The van der Waals surface area contributed by atoms with Gasteiger partial charge in [0.1, 0.15) is 0 Å². The molecule has 2 aliphatic carbocycles. The van der Waals surface area contributed by atoms with Crippen LogP contribution in [-0.4, -0.2) is 24.8 Å². The zero-order chi connectivity index (χ0) is 13.1. The molecule has 110 valence electrons. The van der Waals surface area contributed by atoms with Crippen LogP contribution in [0.4, 0.5) is 0 Å². The van der Waals surface area contributed by atoms with E-state index in [1.165, 1.54) is 64.2 Å². The van der Waals surface area contributed by atoms with Crippen LogP contribution in [0, 0.1) is 11.8 Å². The van der Waals surface area contributed by atoms with E-state index >= 15 is 0 Å². The van der Waals surface area contributed by atoms with Crippen LogP contribution in [0.3, 0.4) is 0 Å². The van der Waals surface area contributed by atoms with Gasteiger partial charge in [-0.05, 0) is 31.1 Å². The quantitative estimate of drug-likeness (QED) is 0.836. The van der Waals surface area contributed by atoms with Gasteiger partial charge in [0.2, 0.25) is 0 Å². The molecule has 3 unspecified atom stereocenters. The van der Waals surface area contributed by atoms with Crippen LogP contribution in [0.15, 0.2) is 0 Å². The Bertz CT molecular complexity index is 283. The molecule has 19 heavy (non-hydrogen) atoms. The highest BCUT2D eigenvalue weighted by molar-refractivity contribution is 4.97. The second-order valence-electron chi connectivity index (χ2n) is 7.17. The van der Waals surface area contributed by atoms with E-state index in [1.807, 2.05) is 0 Å². The minimum Gasteiger partial charge on any atom is -0.369 e. The van der Waals surface area contributed by atoms with Gasteiger partial charge in [-0.1, -0.05) is 51.9 Å². The summed E-state index contributed by atoms with van der Waals surface area (Å²) in [6, 6.07) is 0. The molecule has 0 amide bonds. The lowest BCUT2D eigenvalue weighted by Crippen LogP contribution is -2.58. The monoisotopic (exact) mass is 265 g/mol. The highest BCUT2D eigenvalue weighted by Crippen LogP contribution is 2.42. The standard InChI is InChI=1S/C17H31NO/c1-2-15-9-5-6-10-17(15)13-18-12-16(19-17)11-14-7-3-4-8-14/h14-16,18H,2-13H2,1H3. The van der Waals surface area contributed by atoms with Gasteiger partial charge in [0.25, 0.3) is 0 Å². The fourth-order valence-electron chi connectivity index (χ4n) is 4.86. The maximum Gasteiger partial charge on any atom is 0.0838 e. The number of nitrogens with one attached hydrogen (secondary N) is 1. The van der Waals surface area contributed by atoms with E-state index in [0.29, 0.717) is 6.10 Å². The Morgan fingerprint density at radius 2 is 1.89 bits per heavy atom. The summed E-state index contributed by atoms with van der Waals surface area (Å²) in [5.74, 6) is 1.74. The average Bonchev–Trinajstić information content (AvgIpc) is 2.92. The molecule has 1 N–H and O–H groups in total. The molecule has 2 heteroatoms. The normalized spacial score (nSPS) is 40.9. The van der Waals surface area contributed by atoms with E-state index in [0.717, 1.165) is 24.9 Å². The van der Waals surface area contributed by atoms with Gasteiger partial charge in [-0.15, -0.1) is 0 Å². The predicted molar refractivity (Wildman–Crippen MR) is 79.3 cm³/mol. The summed E-state index contributed by atoms with van der Waals surface area (Å²) in [5, 5.41) is 3.71. The van der Waals surface area contributed by atoms with Gasteiger partial charge in [-0.3, -0.25) is 0 Å². The lowest BCUT2D eigenvalue weighted by Gasteiger charge is -2.49. The maximum atomic E-state index is 6.72. The van der Waals surface area contributed by atoms with Crippen LogP contribution in [0.5, 0.6) is 0 Å². The fourth-order valence-corrected chi connectivity index (χ4v) is 4.86. The summed E-state index contributed by atoms with van der Waals surface area (Å²) in [6.07, 6.45) is 14.3. The van der Waals surface area contributed by atoms with Gasteiger partial charge in [0.15, 0.2) is 0 Å². The largest absolute Gasteiger partial charge is 0.369 e. The van der Waals surface area contributed by atoms with E-state index in [-0.39, 0.29) is 5.60 Å². The number of hydrogen-bond acceptors (Lipinski definition) is 2. The molecule has 3 atom stereocenters. The average molecular weight is 265 g/mol. The Morgan fingerprint density at radius 3 is 2.68 bits per heavy atom. The van der Waals surface area contributed by atoms with Crippen LogP contribution in [-0.2, 0) is 4.74 Å². The van der Waals surface area contributed by atoms with Gasteiger partial charge in [-0.25, -0.2) is 0 Å². The fraction of sp³-hybridized carbons (Fsp3) is 1.00. The van der Waals surface area contributed by atoms with Crippen LogP contribution >= 0.6 is 0 Å². The number of morpholine rings is 1.